The second-order valence-electron chi connectivity index (χ2n) is 5.09. The van der Waals surface area contributed by atoms with E-state index in [0.717, 1.165) is 11.1 Å². The molecule has 118 valence electrons. The van der Waals surface area contributed by atoms with Crippen molar-refractivity contribution in [2.45, 2.75) is 6.92 Å². The zero-order valence-electron chi connectivity index (χ0n) is 13.1. The Hall–Kier alpha value is -3.32. The van der Waals surface area contributed by atoms with Gasteiger partial charge >= 0.3 is 5.97 Å². The van der Waals surface area contributed by atoms with Crippen LogP contribution in [0.15, 0.2) is 54.7 Å². The van der Waals surface area contributed by atoms with Crippen molar-refractivity contribution in [3.05, 3.63) is 71.5 Å². The van der Waals surface area contributed by atoms with E-state index in [4.69, 9.17) is 4.74 Å². The first-order chi connectivity index (χ1) is 11.7. The first-order valence-electron chi connectivity index (χ1n) is 7.55. The number of ether oxygens (including phenoxy) is 1. The van der Waals surface area contributed by atoms with E-state index in [1.165, 1.54) is 6.20 Å². The maximum atomic E-state index is 11.8. The van der Waals surface area contributed by atoms with E-state index < -0.39 is 5.97 Å². The van der Waals surface area contributed by atoms with Gasteiger partial charge in [0.05, 0.1) is 6.61 Å². The fraction of sp³-hybridized carbons (Fsp3) is 0.100. The molecule has 24 heavy (non-hydrogen) atoms. The Balaban J connectivity index is 1.97. The van der Waals surface area contributed by atoms with Crippen LogP contribution in [0.5, 0.6) is 5.75 Å². The topological polar surface area (TPSA) is 59.4 Å². The van der Waals surface area contributed by atoms with E-state index in [1.807, 2.05) is 36.4 Å². The second-order valence-corrected chi connectivity index (χ2v) is 5.09. The van der Waals surface area contributed by atoms with Gasteiger partial charge in [-0.1, -0.05) is 30.0 Å². The monoisotopic (exact) mass is 317 g/mol. The predicted molar refractivity (Wildman–Crippen MR) is 91.8 cm³/mol. The van der Waals surface area contributed by atoms with Gasteiger partial charge in [0.2, 0.25) is 0 Å². The average Bonchev–Trinajstić information content (AvgIpc) is 2.61. The molecule has 1 aromatic heterocycles. The smallest absolute Gasteiger partial charge is 0.360 e. The minimum absolute atomic E-state index is 0.0764. The summed E-state index contributed by atoms with van der Waals surface area (Å²) >= 11 is 0. The Morgan fingerprint density at radius 1 is 1.12 bits per heavy atom. The number of pyridine rings is 1. The molecule has 0 aliphatic carbocycles. The first-order valence-corrected chi connectivity index (χ1v) is 7.55. The van der Waals surface area contributed by atoms with Crippen LogP contribution in [0.2, 0.25) is 0 Å². The highest BCUT2D eigenvalue weighted by Crippen LogP contribution is 2.28. The third-order valence-electron chi connectivity index (χ3n) is 3.46. The van der Waals surface area contributed by atoms with Crippen LogP contribution >= 0.6 is 0 Å². The molecule has 0 bridgehead atoms. The fourth-order valence-electron chi connectivity index (χ4n) is 2.30. The lowest BCUT2D eigenvalue weighted by atomic mass is 10.1. The molecule has 1 heterocycles. The van der Waals surface area contributed by atoms with Crippen molar-refractivity contribution in [3.63, 3.8) is 0 Å². The summed E-state index contributed by atoms with van der Waals surface area (Å²) in [5.74, 6) is 5.35. The summed E-state index contributed by atoms with van der Waals surface area (Å²) < 4.78 is 4.89. The molecule has 0 atom stereocenters. The molecule has 0 fully saturated rings. The number of hydrogen-bond acceptors (Lipinski definition) is 4. The number of aromatic nitrogens is 1. The second kappa shape index (κ2) is 6.84. The van der Waals surface area contributed by atoms with Crippen LogP contribution in [-0.2, 0) is 4.74 Å². The molecule has 0 radical (unpaired) electrons. The number of carbonyl (C=O) groups excluding carboxylic acids is 1. The molecule has 0 saturated carbocycles. The molecule has 3 rings (SSSR count). The van der Waals surface area contributed by atoms with Crippen LogP contribution in [-0.4, -0.2) is 22.7 Å². The van der Waals surface area contributed by atoms with Crippen LogP contribution in [0, 0.1) is 11.8 Å². The molecule has 0 amide bonds. The van der Waals surface area contributed by atoms with E-state index in [1.54, 1.807) is 19.1 Å². The van der Waals surface area contributed by atoms with Crippen molar-refractivity contribution >= 4 is 16.7 Å². The lowest BCUT2D eigenvalue weighted by Gasteiger charge is -2.06. The predicted octanol–water partition coefficient (Wildman–Crippen LogP) is 3.52. The lowest BCUT2D eigenvalue weighted by molar-refractivity contribution is 0.0516. The molecule has 3 aromatic rings. The van der Waals surface area contributed by atoms with Crippen molar-refractivity contribution in [1.29, 1.82) is 0 Å². The Kier molecular flexibility index (Phi) is 4.44. The molecule has 0 spiro atoms. The number of aromatic hydroxyl groups is 1. The van der Waals surface area contributed by atoms with Crippen molar-refractivity contribution < 1.29 is 14.6 Å². The maximum absolute atomic E-state index is 11.8. The Labute approximate surface area is 139 Å². The summed E-state index contributed by atoms with van der Waals surface area (Å²) in [5.41, 5.74) is 1.65. The molecule has 0 aliphatic rings. The number of hydrogen-bond donors (Lipinski definition) is 1. The number of benzene rings is 2. The summed E-state index contributed by atoms with van der Waals surface area (Å²) in [6, 6.07) is 15.0. The zero-order chi connectivity index (χ0) is 16.9. The molecule has 0 unspecified atom stereocenters. The molecule has 0 saturated heterocycles. The maximum Gasteiger partial charge on any atom is 0.360 e. The van der Waals surface area contributed by atoms with Crippen LogP contribution < -0.4 is 0 Å². The van der Waals surface area contributed by atoms with Gasteiger partial charge in [-0.05, 0) is 37.3 Å². The van der Waals surface area contributed by atoms with Crippen molar-refractivity contribution in [2.24, 2.45) is 0 Å². The number of carbonyl (C=O) groups is 1. The summed E-state index contributed by atoms with van der Waals surface area (Å²) in [6.07, 6.45) is 1.54. The van der Waals surface area contributed by atoms with Crippen LogP contribution in [0.25, 0.3) is 10.8 Å². The van der Waals surface area contributed by atoms with Gasteiger partial charge in [-0.15, -0.1) is 0 Å². The third-order valence-corrected chi connectivity index (χ3v) is 3.46. The van der Waals surface area contributed by atoms with E-state index in [-0.39, 0.29) is 18.1 Å². The SMILES string of the molecule is CCOC(=O)c1ncc2cc(C#Cc3ccccc3)ccc2c1O. The van der Waals surface area contributed by atoms with Gasteiger partial charge < -0.3 is 9.84 Å². The average molecular weight is 317 g/mol. The highest BCUT2D eigenvalue weighted by Gasteiger charge is 2.16. The summed E-state index contributed by atoms with van der Waals surface area (Å²) in [4.78, 5) is 15.8. The van der Waals surface area contributed by atoms with Gasteiger partial charge in [-0.3, -0.25) is 0 Å². The van der Waals surface area contributed by atoms with Gasteiger partial charge in [0.15, 0.2) is 11.4 Å². The molecular formula is C20H15NO3. The van der Waals surface area contributed by atoms with Gasteiger partial charge in [0.25, 0.3) is 0 Å². The number of fused-ring (bicyclic) bond motifs is 1. The van der Waals surface area contributed by atoms with Crippen LogP contribution in [0.3, 0.4) is 0 Å². The minimum Gasteiger partial charge on any atom is -0.505 e. The molecule has 1 N–H and O–H groups in total. The Bertz CT molecular complexity index is 953. The first kappa shape index (κ1) is 15.6. The number of rotatable bonds is 2. The van der Waals surface area contributed by atoms with Crippen LogP contribution in [0.1, 0.15) is 28.5 Å². The van der Waals surface area contributed by atoms with Gasteiger partial charge in [0, 0.05) is 28.1 Å². The van der Waals surface area contributed by atoms with Crippen molar-refractivity contribution in [3.8, 4) is 17.6 Å². The Morgan fingerprint density at radius 2 is 1.88 bits per heavy atom. The number of esters is 1. The van der Waals surface area contributed by atoms with Gasteiger partial charge in [-0.25, -0.2) is 9.78 Å². The number of nitrogens with zero attached hydrogens (tertiary/aromatic N) is 1. The van der Waals surface area contributed by atoms with E-state index in [2.05, 4.69) is 16.8 Å². The van der Waals surface area contributed by atoms with Crippen molar-refractivity contribution in [2.75, 3.05) is 6.61 Å². The van der Waals surface area contributed by atoms with Crippen molar-refractivity contribution in [1.82, 2.24) is 4.98 Å². The van der Waals surface area contributed by atoms with E-state index >= 15 is 0 Å². The van der Waals surface area contributed by atoms with Gasteiger partial charge in [0.1, 0.15) is 0 Å². The third kappa shape index (κ3) is 3.21. The Morgan fingerprint density at radius 3 is 2.62 bits per heavy atom. The summed E-state index contributed by atoms with van der Waals surface area (Å²) in [6.45, 7) is 1.93. The zero-order valence-corrected chi connectivity index (χ0v) is 13.1. The highest BCUT2D eigenvalue weighted by molar-refractivity contribution is 5.99. The van der Waals surface area contributed by atoms with E-state index in [0.29, 0.717) is 10.8 Å². The molecule has 4 heteroatoms. The lowest BCUT2D eigenvalue weighted by Crippen LogP contribution is -2.07. The minimum atomic E-state index is -0.634. The highest BCUT2D eigenvalue weighted by atomic mass is 16.5. The molecule has 0 aliphatic heterocycles. The van der Waals surface area contributed by atoms with Gasteiger partial charge in [-0.2, -0.15) is 0 Å². The van der Waals surface area contributed by atoms with Crippen LogP contribution in [0.4, 0.5) is 0 Å². The molecule has 2 aromatic carbocycles. The molecule has 4 nitrogen and oxygen atoms in total. The van der Waals surface area contributed by atoms with E-state index in [9.17, 15) is 9.90 Å². The largest absolute Gasteiger partial charge is 0.505 e. The fourth-order valence-corrected chi connectivity index (χ4v) is 2.30. The normalized spacial score (nSPS) is 10.0. The standard InChI is InChI=1S/C20H15NO3/c1-2-24-20(23)18-19(22)17-11-10-15(12-16(17)13-21-18)9-8-14-6-4-3-5-7-14/h3-7,10-13,22H,2H2,1H3. The molecular weight excluding hydrogens is 302 g/mol. The summed E-state index contributed by atoms with van der Waals surface area (Å²) in [5, 5.41) is 11.5. The summed E-state index contributed by atoms with van der Waals surface area (Å²) in [7, 11) is 0. The quantitative estimate of drug-likeness (QED) is 0.580.